The molecule has 0 heterocycles. The fourth-order valence-corrected chi connectivity index (χ4v) is 3.49. The van der Waals surface area contributed by atoms with Crippen LogP contribution in [0.15, 0.2) is 0 Å². The molecule has 0 aliphatic carbocycles. The molecule has 0 aromatic rings. The van der Waals surface area contributed by atoms with Crippen molar-refractivity contribution in [3.63, 3.8) is 0 Å². The number of nitrogens with zero attached hydrogens (tertiary/aromatic N) is 4. The third kappa shape index (κ3) is 6.94. The van der Waals surface area contributed by atoms with Gasteiger partial charge < -0.3 is 10.2 Å². The second-order valence-electron chi connectivity index (χ2n) is 6.96. The van der Waals surface area contributed by atoms with Gasteiger partial charge in [-0.1, -0.05) is 27.7 Å². The van der Waals surface area contributed by atoms with Gasteiger partial charge in [0.25, 0.3) is 0 Å². The molecule has 0 aliphatic heterocycles. The second-order valence-corrected chi connectivity index (χ2v) is 6.96. The van der Waals surface area contributed by atoms with E-state index in [4.69, 9.17) is 0 Å². The Labute approximate surface area is 150 Å². The van der Waals surface area contributed by atoms with E-state index < -0.39 is 12.5 Å². The Kier molecular flexibility index (Phi) is 12.0. The van der Waals surface area contributed by atoms with Crippen molar-refractivity contribution in [2.24, 2.45) is 0 Å². The summed E-state index contributed by atoms with van der Waals surface area (Å²) >= 11 is 0. The lowest BCUT2D eigenvalue weighted by Crippen LogP contribution is -2.57. The second kappa shape index (κ2) is 12.2. The first-order valence-corrected chi connectivity index (χ1v) is 9.45. The largest absolute Gasteiger partial charge is 0.378 e. The van der Waals surface area contributed by atoms with Crippen molar-refractivity contribution in [1.82, 2.24) is 19.6 Å². The van der Waals surface area contributed by atoms with Gasteiger partial charge in [0.2, 0.25) is 0 Å². The third-order valence-electron chi connectivity index (χ3n) is 4.80. The van der Waals surface area contributed by atoms with Crippen molar-refractivity contribution >= 4 is 0 Å². The molecule has 0 aliphatic rings. The fourth-order valence-electron chi connectivity index (χ4n) is 3.49. The van der Waals surface area contributed by atoms with Gasteiger partial charge in [0, 0.05) is 13.1 Å². The summed E-state index contributed by atoms with van der Waals surface area (Å²) in [5.74, 6) is 0. The predicted molar refractivity (Wildman–Crippen MR) is 102 cm³/mol. The Morgan fingerprint density at radius 2 is 0.917 bits per heavy atom. The minimum absolute atomic E-state index is 0.330. The first-order valence-electron chi connectivity index (χ1n) is 9.45. The summed E-state index contributed by atoms with van der Waals surface area (Å²) in [6, 6.07) is 0. The Morgan fingerprint density at radius 1 is 0.583 bits per heavy atom. The topological polar surface area (TPSA) is 53.4 Å². The van der Waals surface area contributed by atoms with Crippen LogP contribution in [0.4, 0.5) is 0 Å². The van der Waals surface area contributed by atoms with Crippen LogP contribution in [0.25, 0.3) is 0 Å². The minimum atomic E-state index is -0.597. The molecule has 0 saturated carbocycles. The van der Waals surface area contributed by atoms with Gasteiger partial charge >= 0.3 is 0 Å². The van der Waals surface area contributed by atoms with E-state index in [0.717, 1.165) is 19.4 Å². The first-order chi connectivity index (χ1) is 11.2. The molecule has 6 heteroatoms. The van der Waals surface area contributed by atoms with Crippen molar-refractivity contribution < 1.29 is 10.2 Å². The third-order valence-corrected chi connectivity index (χ3v) is 4.80. The molecule has 6 nitrogen and oxygen atoms in total. The van der Waals surface area contributed by atoms with Gasteiger partial charge in [0.05, 0.1) is 12.3 Å². The Balaban J connectivity index is 5.28. The first kappa shape index (κ1) is 23.8. The van der Waals surface area contributed by atoms with Crippen LogP contribution in [0.3, 0.4) is 0 Å². The van der Waals surface area contributed by atoms with Gasteiger partial charge in [-0.15, -0.1) is 0 Å². The van der Waals surface area contributed by atoms with E-state index in [9.17, 15) is 10.2 Å². The highest BCUT2D eigenvalue weighted by Gasteiger charge is 2.29. The van der Waals surface area contributed by atoms with E-state index >= 15 is 0 Å². The molecule has 2 N–H and O–H groups in total. The summed E-state index contributed by atoms with van der Waals surface area (Å²) in [7, 11) is 8.46. The number of hydrogen-bond acceptors (Lipinski definition) is 6. The molecule has 24 heavy (non-hydrogen) atoms. The molecule has 0 aromatic heterocycles. The number of aliphatic hydroxyl groups excluding tert-OH is 2. The zero-order valence-corrected chi connectivity index (χ0v) is 17.2. The Bertz CT molecular complexity index is 289. The SMILES string of the molecule is CCC(O)N(CCN(C(CC)N(C)C)C(CC)N(C)C)C(O)CC. The van der Waals surface area contributed by atoms with Crippen molar-refractivity contribution in [3.8, 4) is 0 Å². The lowest BCUT2D eigenvalue weighted by Gasteiger charge is -2.44. The summed E-state index contributed by atoms with van der Waals surface area (Å²) in [4.78, 5) is 8.81. The van der Waals surface area contributed by atoms with Gasteiger partial charge in [0.15, 0.2) is 0 Å². The van der Waals surface area contributed by atoms with Gasteiger partial charge in [-0.3, -0.25) is 19.6 Å². The van der Waals surface area contributed by atoms with Crippen LogP contribution in [-0.2, 0) is 0 Å². The summed E-state index contributed by atoms with van der Waals surface area (Å²) in [5, 5.41) is 20.5. The minimum Gasteiger partial charge on any atom is -0.378 e. The molecule has 4 atom stereocenters. The van der Waals surface area contributed by atoms with Crippen LogP contribution in [0.2, 0.25) is 0 Å². The molecule has 0 aromatic carbocycles. The molecule has 0 fully saturated rings. The summed E-state index contributed by atoms with van der Waals surface area (Å²) in [6.45, 7) is 9.77. The van der Waals surface area contributed by atoms with Crippen LogP contribution in [0.1, 0.15) is 53.4 Å². The van der Waals surface area contributed by atoms with Gasteiger partial charge in [-0.25, -0.2) is 0 Å². The maximum absolute atomic E-state index is 10.3. The van der Waals surface area contributed by atoms with E-state index in [1.807, 2.05) is 18.7 Å². The maximum Gasteiger partial charge on any atom is 0.109 e. The van der Waals surface area contributed by atoms with Crippen LogP contribution in [0.5, 0.6) is 0 Å². The molecule has 0 saturated heterocycles. The lowest BCUT2D eigenvalue weighted by atomic mass is 10.2. The molecule has 0 spiro atoms. The van der Waals surface area contributed by atoms with E-state index in [2.05, 4.69) is 56.7 Å². The van der Waals surface area contributed by atoms with E-state index in [-0.39, 0.29) is 0 Å². The maximum atomic E-state index is 10.3. The molecule has 4 unspecified atom stereocenters. The highest BCUT2D eigenvalue weighted by atomic mass is 16.3. The lowest BCUT2D eigenvalue weighted by molar-refractivity contribution is -0.115. The van der Waals surface area contributed by atoms with Crippen molar-refractivity contribution in [1.29, 1.82) is 0 Å². The van der Waals surface area contributed by atoms with Crippen molar-refractivity contribution in [3.05, 3.63) is 0 Å². The molecular weight excluding hydrogens is 304 g/mol. The normalized spacial score (nSPS) is 17.8. The quantitative estimate of drug-likeness (QED) is 0.495. The number of hydrogen-bond donors (Lipinski definition) is 2. The van der Waals surface area contributed by atoms with E-state index in [1.54, 1.807) is 0 Å². The Hall–Kier alpha value is -0.240. The van der Waals surface area contributed by atoms with Gasteiger partial charge in [0.1, 0.15) is 12.5 Å². The fraction of sp³-hybridized carbons (Fsp3) is 1.00. The van der Waals surface area contributed by atoms with Crippen molar-refractivity contribution in [2.75, 3.05) is 41.3 Å². The molecule has 0 radical (unpaired) electrons. The summed E-state index contributed by atoms with van der Waals surface area (Å²) < 4.78 is 0. The molecule has 0 amide bonds. The zero-order valence-electron chi connectivity index (χ0n) is 17.2. The molecular formula is C18H42N4O2. The number of rotatable bonds is 13. The highest BCUT2D eigenvalue weighted by Crippen LogP contribution is 2.17. The molecule has 0 rings (SSSR count). The van der Waals surface area contributed by atoms with Crippen LogP contribution >= 0.6 is 0 Å². The van der Waals surface area contributed by atoms with Crippen LogP contribution < -0.4 is 0 Å². The highest BCUT2D eigenvalue weighted by molar-refractivity contribution is 4.77. The van der Waals surface area contributed by atoms with Crippen molar-refractivity contribution in [2.45, 2.75) is 78.2 Å². The predicted octanol–water partition coefficient (Wildman–Crippen LogP) is 1.64. The van der Waals surface area contributed by atoms with Crippen LogP contribution in [0, 0.1) is 0 Å². The smallest absolute Gasteiger partial charge is 0.109 e. The Morgan fingerprint density at radius 3 is 1.17 bits per heavy atom. The average Bonchev–Trinajstić information content (AvgIpc) is 2.54. The van der Waals surface area contributed by atoms with E-state index in [0.29, 0.717) is 31.7 Å². The summed E-state index contributed by atoms with van der Waals surface area (Å²) in [5.41, 5.74) is 0. The van der Waals surface area contributed by atoms with Crippen LogP contribution in [-0.4, -0.2) is 95.9 Å². The monoisotopic (exact) mass is 346 g/mol. The standard InChI is InChI=1S/C18H42N4O2/c1-9-15(19(5)6)21(16(10-2)20(7)8)13-14-22(17(23)11-3)18(24)12-4/h15-18,23-24H,9-14H2,1-8H3. The van der Waals surface area contributed by atoms with E-state index in [1.165, 1.54) is 0 Å². The molecule has 146 valence electrons. The van der Waals surface area contributed by atoms with Gasteiger partial charge in [-0.2, -0.15) is 0 Å². The zero-order chi connectivity index (χ0) is 18.9. The average molecular weight is 347 g/mol. The molecule has 0 bridgehead atoms. The van der Waals surface area contributed by atoms with Gasteiger partial charge in [-0.05, 0) is 53.9 Å². The number of aliphatic hydroxyl groups is 2. The summed E-state index contributed by atoms with van der Waals surface area (Å²) in [6.07, 6.45) is 2.77.